The summed E-state index contributed by atoms with van der Waals surface area (Å²) >= 11 is 8.55. The van der Waals surface area contributed by atoms with Gasteiger partial charge < -0.3 is 5.73 Å². The first-order valence-corrected chi connectivity index (χ1v) is 7.12. The molecule has 92 valence electrons. The normalized spacial score (nSPS) is 15.2. The fraction of sp³-hybridized carbons (Fsp3) is 0.462. The SMILES string of the molecule is NC(=S)CCN(Cc1ccccc1Br)C1CC1. The van der Waals surface area contributed by atoms with Crippen molar-refractivity contribution in [1.29, 1.82) is 0 Å². The first kappa shape index (κ1) is 13.0. The molecule has 2 rings (SSSR count). The van der Waals surface area contributed by atoms with Crippen LogP contribution in [-0.2, 0) is 6.54 Å². The van der Waals surface area contributed by atoms with Gasteiger partial charge in [0.15, 0.2) is 0 Å². The molecule has 0 heterocycles. The zero-order valence-corrected chi connectivity index (χ0v) is 12.1. The first-order chi connectivity index (χ1) is 8.16. The molecule has 0 saturated heterocycles. The van der Waals surface area contributed by atoms with Crippen LogP contribution in [0.25, 0.3) is 0 Å². The monoisotopic (exact) mass is 312 g/mol. The Bertz CT molecular complexity index is 404. The molecule has 0 bridgehead atoms. The second kappa shape index (κ2) is 5.94. The zero-order valence-electron chi connectivity index (χ0n) is 9.73. The van der Waals surface area contributed by atoms with Gasteiger partial charge in [0.25, 0.3) is 0 Å². The van der Waals surface area contributed by atoms with Crippen LogP contribution in [-0.4, -0.2) is 22.5 Å². The third kappa shape index (κ3) is 4.05. The Morgan fingerprint density at radius 2 is 2.12 bits per heavy atom. The smallest absolute Gasteiger partial charge is 0.0740 e. The average Bonchev–Trinajstić information content (AvgIpc) is 3.10. The molecule has 0 unspecified atom stereocenters. The van der Waals surface area contributed by atoms with Crippen molar-refractivity contribution < 1.29 is 0 Å². The van der Waals surface area contributed by atoms with E-state index in [9.17, 15) is 0 Å². The van der Waals surface area contributed by atoms with Gasteiger partial charge in [-0.25, -0.2) is 0 Å². The van der Waals surface area contributed by atoms with Gasteiger partial charge in [-0.2, -0.15) is 0 Å². The molecule has 0 atom stereocenters. The van der Waals surface area contributed by atoms with E-state index < -0.39 is 0 Å². The van der Waals surface area contributed by atoms with Crippen molar-refractivity contribution in [2.45, 2.75) is 31.8 Å². The van der Waals surface area contributed by atoms with Crippen molar-refractivity contribution in [2.75, 3.05) is 6.54 Å². The molecule has 1 aliphatic rings. The summed E-state index contributed by atoms with van der Waals surface area (Å²) in [6.07, 6.45) is 3.43. The van der Waals surface area contributed by atoms with Crippen molar-refractivity contribution in [3.63, 3.8) is 0 Å². The molecule has 1 saturated carbocycles. The van der Waals surface area contributed by atoms with Crippen molar-refractivity contribution in [1.82, 2.24) is 4.90 Å². The molecule has 0 aromatic heterocycles. The topological polar surface area (TPSA) is 29.3 Å². The number of thiocarbonyl (C=S) groups is 1. The maximum atomic E-state index is 5.58. The van der Waals surface area contributed by atoms with E-state index >= 15 is 0 Å². The van der Waals surface area contributed by atoms with Crippen LogP contribution in [0.1, 0.15) is 24.8 Å². The maximum Gasteiger partial charge on any atom is 0.0740 e. The van der Waals surface area contributed by atoms with Gasteiger partial charge in [0.05, 0.1) is 4.99 Å². The van der Waals surface area contributed by atoms with Gasteiger partial charge in [0, 0.05) is 30.0 Å². The summed E-state index contributed by atoms with van der Waals surface area (Å²) in [5.41, 5.74) is 6.92. The third-order valence-electron chi connectivity index (χ3n) is 3.04. The van der Waals surface area contributed by atoms with Gasteiger partial charge in [-0.15, -0.1) is 0 Å². The van der Waals surface area contributed by atoms with Crippen LogP contribution >= 0.6 is 28.1 Å². The molecule has 1 aromatic rings. The Hall–Kier alpha value is -0.450. The zero-order chi connectivity index (χ0) is 12.3. The van der Waals surface area contributed by atoms with Crippen LogP contribution in [0.5, 0.6) is 0 Å². The molecule has 1 aliphatic carbocycles. The minimum absolute atomic E-state index is 0.614. The van der Waals surface area contributed by atoms with Gasteiger partial charge in [0.2, 0.25) is 0 Å². The lowest BCUT2D eigenvalue weighted by molar-refractivity contribution is 0.262. The molecule has 0 spiro atoms. The van der Waals surface area contributed by atoms with Crippen LogP contribution in [0.3, 0.4) is 0 Å². The van der Waals surface area contributed by atoms with Gasteiger partial charge >= 0.3 is 0 Å². The van der Waals surface area contributed by atoms with Crippen molar-refractivity contribution in [3.05, 3.63) is 34.3 Å². The van der Waals surface area contributed by atoms with Crippen molar-refractivity contribution in [2.24, 2.45) is 5.73 Å². The quantitative estimate of drug-likeness (QED) is 0.818. The Kier molecular flexibility index (Phi) is 4.54. The number of nitrogens with zero attached hydrogens (tertiary/aromatic N) is 1. The number of nitrogens with two attached hydrogens (primary N) is 1. The highest BCUT2D eigenvalue weighted by Gasteiger charge is 2.28. The molecule has 0 radical (unpaired) electrons. The number of hydrogen-bond donors (Lipinski definition) is 1. The predicted octanol–water partition coefficient (Wildman–Crippen LogP) is 3.09. The summed E-state index contributed by atoms with van der Waals surface area (Å²) in [6, 6.07) is 9.12. The van der Waals surface area contributed by atoms with Crippen molar-refractivity contribution >= 4 is 33.1 Å². The van der Waals surface area contributed by atoms with E-state index in [2.05, 4.69) is 39.0 Å². The number of rotatable bonds is 6. The van der Waals surface area contributed by atoms with E-state index in [0.717, 1.165) is 25.6 Å². The summed E-state index contributed by atoms with van der Waals surface area (Å²) < 4.78 is 1.18. The molecule has 2 nitrogen and oxygen atoms in total. The van der Waals surface area contributed by atoms with Crippen LogP contribution in [0.4, 0.5) is 0 Å². The molecular formula is C13H17BrN2S. The molecule has 17 heavy (non-hydrogen) atoms. The second-order valence-electron chi connectivity index (χ2n) is 4.51. The number of benzene rings is 1. The van der Waals surface area contributed by atoms with Crippen LogP contribution in [0.15, 0.2) is 28.7 Å². The molecule has 1 aromatic carbocycles. The third-order valence-corrected chi connectivity index (χ3v) is 4.02. The first-order valence-electron chi connectivity index (χ1n) is 5.92. The lowest BCUT2D eigenvalue weighted by atomic mass is 10.2. The fourth-order valence-corrected chi connectivity index (χ4v) is 2.43. The highest BCUT2D eigenvalue weighted by Crippen LogP contribution is 2.29. The minimum Gasteiger partial charge on any atom is -0.393 e. The second-order valence-corrected chi connectivity index (χ2v) is 5.89. The van der Waals surface area contributed by atoms with E-state index in [1.807, 2.05) is 6.07 Å². The summed E-state index contributed by atoms with van der Waals surface area (Å²) in [4.78, 5) is 3.10. The largest absolute Gasteiger partial charge is 0.393 e. The Balaban J connectivity index is 1.97. The minimum atomic E-state index is 0.614. The van der Waals surface area contributed by atoms with Gasteiger partial charge in [-0.05, 0) is 24.5 Å². The Morgan fingerprint density at radius 1 is 1.41 bits per heavy atom. The molecule has 0 aliphatic heterocycles. The van der Waals surface area contributed by atoms with Gasteiger partial charge in [-0.3, -0.25) is 4.90 Å². The maximum absolute atomic E-state index is 5.58. The average molecular weight is 313 g/mol. The Labute approximate surface area is 116 Å². The Morgan fingerprint density at radius 3 is 2.71 bits per heavy atom. The summed E-state index contributed by atoms with van der Waals surface area (Å²) in [5, 5.41) is 0. The number of halogens is 1. The fourth-order valence-electron chi connectivity index (χ4n) is 1.93. The number of hydrogen-bond acceptors (Lipinski definition) is 2. The summed E-state index contributed by atoms with van der Waals surface area (Å²) in [7, 11) is 0. The van der Waals surface area contributed by atoms with E-state index in [-0.39, 0.29) is 0 Å². The van der Waals surface area contributed by atoms with E-state index in [1.54, 1.807) is 0 Å². The van der Waals surface area contributed by atoms with Crippen LogP contribution in [0.2, 0.25) is 0 Å². The van der Waals surface area contributed by atoms with E-state index in [1.165, 1.54) is 22.9 Å². The standard InChI is InChI=1S/C13H17BrN2S/c14-12-4-2-1-3-10(12)9-16(11-5-6-11)8-7-13(15)17/h1-4,11H,5-9H2,(H2,15,17). The van der Waals surface area contributed by atoms with Crippen LogP contribution in [0, 0.1) is 0 Å². The molecule has 0 amide bonds. The van der Waals surface area contributed by atoms with E-state index in [0.29, 0.717) is 4.99 Å². The predicted molar refractivity (Wildman–Crippen MR) is 79.0 cm³/mol. The molecule has 1 fully saturated rings. The lowest BCUT2D eigenvalue weighted by Crippen LogP contribution is -2.29. The van der Waals surface area contributed by atoms with Gasteiger partial charge in [0.1, 0.15) is 0 Å². The summed E-state index contributed by atoms with van der Waals surface area (Å²) in [5.74, 6) is 0. The molecular weight excluding hydrogens is 296 g/mol. The van der Waals surface area contributed by atoms with Crippen LogP contribution < -0.4 is 5.73 Å². The van der Waals surface area contributed by atoms with E-state index in [4.69, 9.17) is 18.0 Å². The highest BCUT2D eigenvalue weighted by atomic mass is 79.9. The molecule has 4 heteroatoms. The van der Waals surface area contributed by atoms with Crippen molar-refractivity contribution in [3.8, 4) is 0 Å². The highest BCUT2D eigenvalue weighted by molar-refractivity contribution is 9.10. The molecule has 2 N–H and O–H groups in total. The lowest BCUT2D eigenvalue weighted by Gasteiger charge is -2.22. The summed E-state index contributed by atoms with van der Waals surface area (Å²) in [6.45, 7) is 1.95. The van der Waals surface area contributed by atoms with Gasteiger partial charge in [-0.1, -0.05) is 46.3 Å².